The molecule has 0 unspecified atom stereocenters. The number of carbonyl (C=O) groups excluding carboxylic acids is 1. The van der Waals surface area contributed by atoms with Gasteiger partial charge in [-0.25, -0.2) is 4.79 Å². The summed E-state index contributed by atoms with van der Waals surface area (Å²) in [7, 11) is 0. The van der Waals surface area contributed by atoms with Gasteiger partial charge in [-0.05, 0) is 54.4 Å². The van der Waals surface area contributed by atoms with Crippen LogP contribution < -0.4 is 5.32 Å². The third-order valence-electron chi connectivity index (χ3n) is 3.99. The number of rotatable bonds is 6. The Morgan fingerprint density at radius 3 is 2.38 bits per heavy atom. The highest BCUT2D eigenvalue weighted by atomic mass is 35.5. The summed E-state index contributed by atoms with van der Waals surface area (Å²) in [6.07, 6.45) is 4.33. The van der Waals surface area contributed by atoms with Crippen LogP contribution in [0.15, 0.2) is 67.0 Å². The number of carboxylic acid groups (broad SMARTS) is 1. The first kappa shape index (κ1) is 17.8. The standard InChI is InChI=1S/C20H17ClN2O3/c21-16-7-8-18(23-11-1-2-12-23)17(13-16)19(24)22-10-9-14-3-5-15(6-4-14)20(25)26/h1-8,11-13H,9-10H2,(H,22,24)(H,25,26). The van der Waals surface area contributed by atoms with Crippen molar-refractivity contribution in [2.24, 2.45) is 0 Å². The summed E-state index contributed by atoms with van der Waals surface area (Å²) >= 11 is 6.06. The lowest BCUT2D eigenvalue weighted by atomic mass is 10.1. The minimum atomic E-state index is -0.955. The molecule has 2 N–H and O–H groups in total. The van der Waals surface area contributed by atoms with E-state index in [1.165, 1.54) is 0 Å². The van der Waals surface area contributed by atoms with E-state index in [4.69, 9.17) is 16.7 Å². The molecule has 132 valence electrons. The van der Waals surface area contributed by atoms with Crippen LogP contribution in [0.5, 0.6) is 0 Å². The molecule has 6 heteroatoms. The third-order valence-corrected chi connectivity index (χ3v) is 4.22. The van der Waals surface area contributed by atoms with E-state index in [9.17, 15) is 9.59 Å². The highest BCUT2D eigenvalue weighted by Gasteiger charge is 2.13. The predicted octanol–water partition coefficient (Wildman–Crippen LogP) is 3.80. The van der Waals surface area contributed by atoms with Crippen molar-refractivity contribution in [2.45, 2.75) is 6.42 Å². The second-order valence-corrected chi connectivity index (χ2v) is 6.20. The maximum Gasteiger partial charge on any atom is 0.335 e. The number of nitrogens with zero attached hydrogens (tertiary/aromatic N) is 1. The largest absolute Gasteiger partial charge is 0.478 e. The van der Waals surface area contributed by atoms with Gasteiger partial charge in [0.2, 0.25) is 0 Å². The molecule has 0 saturated heterocycles. The smallest absolute Gasteiger partial charge is 0.335 e. The molecule has 1 aromatic heterocycles. The molecular weight excluding hydrogens is 352 g/mol. The Hall–Kier alpha value is -3.05. The molecule has 0 aliphatic carbocycles. The molecule has 1 heterocycles. The van der Waals surface area contributed by atoms with Crippen molar-refractivity contribution in [1.82, 2.24) is 9.88 Å². The van der Waals surface area contributed by atoms with E-state index in [-0.39, 0.29) is 11.5 Å². The van der Waals surface area contributed by atoms with Gasteiger partial charge in [0.05, 0.1) is 16.8 Å². The molecule has 2 aromatic carbocycles. The number of halogens is 1. The molecule has 0 radical (unpaired) electrons. The van der Waals surface area contributed by atoms with Gasteiger partial charge in [-0.15, -0.1) is 0 Å². The number of aromatic nitrogens is 1. The first-order valence-electron chi connectivity index (χ1n) is 8.08. The molecule has 1 amide bonds. The summed E-state index contributed by atoms with van der Waals surface area (Å²) in [6.45, 7) is 0.433. The second-order valence-electron chi connectivity index (χ2n) is 5.76. The molecular formula is C20H17ClN2O3. The summed E-state index contributed by atoms with van der Waals surface area (Å²) in [4.78, 5) is 23.4. The van der Waals surface area contributed by atoms with Gasteiger partial charge in [0.1, 0.15) is 0 Å². The predicted molar refractivity (Wildman–Crippen MR) is 100 cm³/mol. The number of carbonyl (C=O) groups is 2. The van der Waals surface area contributed by atoms with E-state index in [1.807, 2.05) is 35.2 Å². The van der Waals surface area contributed by atoms with Gasteiger partial charge in [-0.3, -0.25) is 4.79 Å². The summed E-state index contributed by atoms with van der Waals surface area (Å²) in [5.41, 5.74) is 2.44. The van der Waals surface area contributed by atoms with Crippen LogP contribution in [0.4, 0.5) is 0 Å². The van der Waals surface area contributed by atoms with E-state index in [2.05, 4.69) is 5.32 Å². The van der Waals surface area contributed by atoms with Crippen molar-refractivity contribution in [1.29, 1.82) is 0 Å². The van der Waals surface area contributed by atoms with Crippen LogP contribution in [0.25, 0.3) is 5.69 Å². The van der Waals surface area contributed by atoms with Gasteiger partial charge in [-0.1, -0.05) is 23.7 Å². The number of nitrogens with one attached hydrogen (secondary N) is 1. The van der Waals surface area contributed by atoms with E-state index in [0.29, 0.717) is 23.6 Å². The fourth-order valence-electron chi connectivity index (χ4n) is 2.64. The molecule has 3 aromatic rings. The number of hydrogen-bond acceptors (Lipinski definition) is 2. The topological polar surface area (TPSA) is 71.3 Å². The molecule has 0 aliphatic rings. The van der Waals surface area contributed by atoms with Crippen LogP contribution in [-0.4, -0.2) is 28.1 Å². The van der Waals surface area contributed by atoms with Crippen molar-refractivity contribution in [3.63, 3.8) is 0 Å². The zero-order valence-corrected chi connectivity index (χ0v) is 14.6. The minimum Gasteiger partial charge on any atom is -0.478 e. The first-order chi connectivity index (χ1) is 12.5. The lowest BCUT2D eigenvalue weighted by Gasteiger charge is -2.12. The zero-order chi connectivity index (χ0) is 18.5. The number of carboxylic acids is 1. The molecule has 0 atom stereocenters. The van der Waals surface area contributed by atoms with Gasteiger partial charge in [0.15, 0.2) is 0 Å². The molecule has 0 spiro atoms. The third kappa shape index (κ3) is 4.13. The van der Waals surface area contributed by atoms with Crippen molar-refractivity contribution < 1.29 is 14.7 Å². The van der Waals surface area contributed by atoms with Gasteiger partial charge in [0.25, 0.3) is 5.91 Å². The maximum absolute atomic E-state index is 12.6. The zero-order valence-electron chi connectivity index (χ0n) is 13.9. The summed E-state index contributed by atoms with van der Waals surface area (Å²) in [5.74, 6) is -1.17. The lowest BCUT2D eigenvalue weighted by Crippen LogP contribution is -2.26. The molecule has 0 fully saturated rings. The molecule has 3 rings (SSSR count). The number of benzene rings is 2. The molecule has 0 saturated carbocycles. The van der Waals surface area contributed by atoms with Crippen LogP contribution in [0, 0.1) is 0 Å². The second kappa shape index (κ2) is 7.89. The number of aromatic carboxylic acids is 1. The Morgan fingerprint density at radius 2 is 1.73 bits per heavy atom. The average Bonchev–Trinajstić information content (AvgIpc) is 3.16. The monoisotopic (exact) mass is 368 g/mol. The SMILES string of the molecule is O=C(O)c1ccc(CCNC(=O)c2cc(Cl)ccc2-n2cccc2)cc1. The van der Waals surface area contributed by atoms with Gasteiger partial charge in [-0.2, -0.15) is 0 Å². The Morgan fingerprint density at radius 1 is 1.04 bits per heavy atom. The summed E-state index contributed by atoms with van der Waals surface area (Å²) in [5, 5.41) is 12.3. The van der Waals surface area contributed by atoms with E-state index < -0.39 is 5.97 Å². The van der Waals surface area contributed by atoms with Crippen LogP contribution in [0.1, 0.15) is 26.3 Å². The number of amides is 1. The fraction of sp³-hybridized carbons (Fsp3) is 0.100. The Bertz CT molecular complexity index is 919. The molecule has 0 bridgehead atoms. The van der Waals surface area contributed by atoms with E-state index in [1.54, 1.807) is 36.4 Å². The highest BCUT2D eigenvalue weighted by molar-refractivity contribution is 6.31. The Kier molecular flexibility index (Phi) is 5.39. The van der Waals surface area contributed by atoms with Crippen molar-refractivity contribution in [3.8, 4) is 5.69 Å². The normalized spacial score (nSPS) is 10.5. The first-order valence-corrected chi connectivity index (χ1v) is 8.46. The lowest BCUT2D eigenvalue weighted by molar-refractivity contribution is 0.0696. The molecule has 0 aliphatic heterocycles. The average molecular weight is 369 g/mol. The summed E-state index contributed by atoms with van der Waals surface area (Å²) in [6, 6.07) is 15.6. The van der Waals surface area contributed by atoms with Crippen molar-refractivity contribution >= 4 is 23.5 Å². The molecule has 26 heavy (non-hydrogen) atoms. The highest BCUT2D eigenvalue weighted by Crippen LogP contribution is 2.20. The maximum atomic E-state index is 12.6. The number of hydrogen-bond donors (Lipinski definition) is 2. The van der Waals surface area contributed by atoms with Crippen LogP contribution >= 0.6 is 11.6 Å². The molecule has 5 nitrogen and oxygen atoms in total. The summed E-state index contributed by atoms with van der Waals surface area (Å²) < 4.78 is 1.86. The Labute approximate surface area is 155 Å². The Balaban J connectivity index is 1.67. The van der Waals surface area contributed by atoms with Gasteiger partial charge >= 0.3 is 5.97 Å². The van der Waals surface area contributed by atoms with Crippen molar-refractivity contribution in [2.75, 3.05) is 6.54 Å². The van der Waals surface area contributed by atoms with Crippen LogP contribution in [-0.2, 0) is 6.42 Å². The van der Waals surface area contributed by atoms with Crippen molar-refractivity contribution in [3.05, 3.63) is 88.7 Å². The van der Waals surface area contributed by atoms with Gasteiger partial charge < -0.3 is 15.0 Å². The quantitative estimate of drug-likeness (QED) is 0.695. The van der Waals surface area contributed by atoms with Crippen LogP contribution in [0.3, 0.4) is 0 Å². The fourth-order valence-corrected chi connectivity index (χ4v) is 2.81. The van der Waals surface area contributed by atoms with E-state index >= 15 is 0 Å². The van der Waals surface area contributed by atoms with E-state index in [0.717, 1.165) is 11.3 Å². The van der Waals surface area contributed by atoms with Gasteiger partial charge in [0, 0.05) is 24.0 Å². The van der Waals surface area contributed by atoms with Crippen LogP contribution in [0.2, 0.25) is 5.02 Å². The minimum absolute atomic E-state index is 0.210.